The molecule has 0 aromatic carbocycles. The van der Waals surface area contributed by atoms with Crippen LogP contribution >= 0.6 is 0 Å². The van der Waals surface area contributed by atoms with Crippen LogP contribution in [0.15, 0.2) is 45.6 Å². The summed E-state index contributed by atoms with van der Waals surface area (Å²) in [7, 11) is 0. The number of piperazine rings is 1. The van der Waals surface area contributed by atoms with Crippen LogP contribution in [-0.4, -0.2) is 26.2 Å². The van der Waals surface area contributed by atoms with Crippen LogP contribution in [0.25, 0.3) is 0 Å². The van der Waals surface area contributed by atoms with Crippen molar-refractivity contribution in [1.82, 2.24) is 0 Å². The standard InChI is InChI=1S/C16H16N4O2/c17-11-13(15-3-1-9-21-15)19-5-7-20(8-6-19)14(12-18)16-4-2-10-22-16/h1-4,9-10,13-14H,5-8H2/p+2/t13-,14-/m1/s1. The highest BCUT2D eigenvalue weighted by atomic mass is 16.3. The van der Waals surface area contributed by atoms with Crippen molar-refractivity contribution in [2.24, 2.45) is 0 Å². The first-order chi connectivity index (χ1) is 10.8. The van der Waals surface area contributed by atoms with Crippen molar-refractivity contribution in [3.63, 3.8) is 0 Å². The summed E-state index contributed by atoms with van der Waals surface area (Å²) in [6, 6.07) is 11.4. The number of hydrogen-bond donors (Lipinski definition) is 2. The molecule has 1 saturated heterocycles. The molecule has 22 heavy (non-hydrogen) atoms. The van der Waals surface area contributed by atoms with E-state index in [4.69, 9.17) is 8.83 Å². The molecular formula is C16H18N4O2+2. The van der Waals surface area contributed by atoms with Gasteiger partial charge in [0.2, 0.25) is 12.1 Å². The summed E-state index contributed by atoms with van der Waals surface area (Å²) in [4.78, 5) is 2.38. The first-order valence-corrected chi connectivity index (χ1v) is 7.38. The number of hydrogen-bond acceptors (Lipinski definition) is 4. The van der Waals surface area contributed by atoms with E-state index in [1.807, 2.05) is 24.3 Å². The molecule has 1 aliphatic heterocycles. The zero-order valence-corrected chi connectivity index (χ0v) is 12.2. The lowest BCUT2D eigenvalue weighted by Gasteiger charge is -2.32. The number of furan rings is 2. The van der Waals surface area contributed by atoms with E-state index in [0.717, 1.165) is 26.2 Å². The Kier molecular flexibility index (Phi) is 4.24. The number of quaternary nitrogens is 2. The summed E-state index contributed by atoms with van der Waals surface area (Å²) in [6.45, 7) is 3.31. The molecular weight excluding hydrogens is 280 g/mol. The lowest BCUT2D eigenvalue weighted by Crippen LogP contribution is -3.28. The second kappa shape index (κ2) is 6.48. The highest BCUT2D eigenvalue weighted by Gasteiger charge is 2.36. The monoisotopic (exact) mass is 298 g/mol. The van der Waals surface area contributed by atoms with E-state index in [0.29, 0.717) is 11.5 Å². The fourth-order valence-electron chi connectivity index (χ4n) is 3.09. The minimum Gasteiger partial charge on any atom is -0.462 e. The molecule has 0 spiro atoms. The maximum Gasteiger partial charge on any atom is 0.233 e. The van der Waals surface area contributed by atoms with Crippen LogP contribution in [0.1, 0.15) is 23.6 Å². The second-order valence-electron chi connectivity index (χ2n) is 5.47. The zero-order valence-electron chi connectivity index (χ0n) is 12.2. The Bertz CT molecular complexity index is 598. The Balaban J connectivity index is 1.65. The van der Waals surface area contributed by atoms with Gasteiger partial charge < -0.3 is 18.6 Å². The minimum absolute atomic E-state index is 0.277. The quantitative estimate of drug-likeness (QED) is 0.796. The Morgan fingerprint density at radius 1 is 0.818 bits per heavy atom. The maximum atomic E-state index is 9.42. The summed E-state index contributed by atoms with van der Waals surface area (Å²) in [5, 5.41) is 18.8. The van der Waals surface area contributed by atoms with Crippen molar-refractivity contribution in [1.29, 1.82) is 10.5 Å². The Morgan fingerprint density at radius 2 is 1.23 bits per heavy atom. The fraction of sp³-hybridized carbons (Fsp3) is 0.375. The topological polar surface area (TPSA) is 82.7 Å². The van der Waals surface area contributed by atoms with Gasteiger partial charge in [-0.2, -0.15) is 10.5 Å². The van der Waals surface area contributed by atoms with Crippen molar-refractivity contribution in [3.05, 3.63) is 48.3 Å². The molecule has 6 nitrogen and oxygen atoms in total. The molecule has 0 unspecified atom stereocenters. The summed E-state index contributed by atoms with van der Waals surface area (Å²) < 4.78 is 10.8. The molecule has 2 aromatic rings. The van der Waals surface area contributed by atoms with Crippen LogP contribution in [0.5, 0.6) is 0 Å². The van der Waals surface area contributed by atoms with Crippen LogP contribution in [-0.2, 0) is 0 Å². The zero-order chi connectivity index (χ0) is 15.4. The molecule has 6 heteroatoms. The van der Waals surface area contributed by atoms with Crippen LogP contribution in [0.4, 0.5) is 0 Å². The van der Waals surface area contributed by atoms with Crippen LogP contribution in [0, 0.1) is 22.7 Å². The third-order valence-corrected chi connectivity index (χ3v) is 4.26. The Morgan fingerprint density at radius 3 is 1.50 bits per heavy atom. The van der Waals surface area contributed by atoms with Gasteiger partial charge in [0.1, 0.15) is 38.3 Å². The summed E-state index contributed by atoms with van der Waals surface area (Å²) in [5.41, 5.74) is 0. The SMILES string of the molecule is N#C[C@H](c1ccco1)[NH+]1CC[NH+]([C@H](C#N)c2ccco2)CC1. The van der Waals surface area contributed by atoms with E-state index in [9.17, 15) is 10.5 Å². The van der Waals surface area contributed by atoms with Crippen LogP contribution in [0.2, 0.25) is 0 Å². The molecule has 112 valence electrons. The number of nitrogens with zero attached hydrogens (tertiary/aromatic N) is 2. The molecule has 2 atom stereocenters. The van der Waals surface area contributed by atoms with Gasteiger partial charge in [0.05, 0.1) is 12.5 Å². The molecule has 3 rings (SSSR count). The third-order valence-electron chi connectivity index (χ3n) is 4.26. The van der Waals surface area contributed by atoms with E-state index >= 15 is 0 Å². The maximum absolute atomic E-state index is 9.42. The van der Waals surface area contributed by atoms with Gasteiger partial charge in [-0.05, 0) is 24.3 Å². The molecule has 0 bridgehead atoms. The molecule has 0 radical (unpaired) electrons. The first-order valence-electron chi connectivity index (χ1n) is 7.38. The lowest BCUT2D eigenvalue weighted by atomic mass is 10.1. The van der Waals surface area contributed by atoms with Crippen LogP contribution < -0.4 is 9.80 Å². The van der Waals surface area contributed by atoms with Crippen molar-refractivity contribution in [2.75, 3.05) is 26.2 Å². The van der Waals surface area contributed by atoms with Gasteiger partial charge in [-0.3, -0.25) is 0 Å². The van der Waals surface area contributed by atoms with Gasteiger partial charge in [0.15, 0.2) is 11.5 Å². The van der Waals surface area contributed by atoms with Crippen molar-refractivity contribution in [3.8, 4) is 12.1 Å². The van der Waals surface area contributed by atoms with Crippen molar-refractivity contribution >= 4 is 0 Å². The predicted molar refractivity (Wildman–Crippen MR) is 75.5 cm³/mol. The molecule has 1 aliphatic rings. The highest BCUT2D eigenvalue weighted by Crippen LogP contribution is 2.10. The Hall–Kier alpha value is -2.54. The average Bonchev–Trinajstić information content (AvgIpc) is 3.24. The molecule has 2 N–H and O–H groups in total. The molecule has 1 fully saturated rings. The largest absolute Gasteiger partial charge is 0.462 e. The summed E-state index contributed by atoms with van der Waals surface area (Å²) >= 11 is 0. The molecule has 0 aliphatic carbocycles. The first kappa shape index (κ1) is 14.4. The smallest absolute Gasteiger partial charge is 0.233 e. The third kappa shape index (κ3) is 2.75. The highest BCUT2D eigenvalue weighted by molar-refractivity contribution is 5.10. The predicted octanol–water partition coefficient (Wildman–Crippen LogP) is -0.514. The number of rotatable bonds is 4. The van der Waals surface area contributed by atoms with Gasteiger partial charge in [0, 0.05) is 0 Å². The Labute approximate surface area is 128 Å². The van der Waals surface area contributed by atoms with E-state index < -0.39 is 0 Å². The van der Waals surface area contributed by atoms with Gasteiger partial charge in [-0.15, -0.1) is 0 Å². The van der Waals surface area contributed by atoms with Gasteiger partial charge >= 0.3 is 0 Å². The van der Waals surface area contributed by atoms with E-state index in [2.05, 4.69) is 12.1 Å². The number of nitrogens with one attached hydrogen (secondary N) is 2. The average molecular weight is 298 g/mol. The molecule has 2 aromatic heterocycles. The van der Waals surface area contributed by atoms with E-state index in [1.54, 1.807) is 12.5 Å². The molecule has 0 saturated carbocycles. The second-order valence-corrected chi connectivity index (χ2v) is 5.47. The van der Waals surface area contributed by atoms with Crippen LogP contribution in [0.3, 0.4) is 0 Å². The molecule has 3 heterocycles. The lowest BCUT2D eigenvalue weighted by molar-refractivity contribution is -1.03. The van der Waals surface area contributed by atoms with Gasteiger partial charge in [-0.1, -0.05) is 0 Å². The van der Waals surface area contributed by atoms with Crippen molar-refractivity contribution in [2.45, 2.75) is 12.1 Å². The molecule has 0 amide bonds. The van der Waals surface area contributed by atoms with E-state index in [-0.39, 0.29) is 12.1 Å². The van der Waals surface area contributed by atoms with Gasteiger partial charge in [0.25, 0.3) is 0 Å². The normalized spacial score (nSPS) is 24.1. The number of nitriles is 2. The summed E-state index contributed by atoms with van der Waals surface area (Å²) in [6.07, 6.45) is 3.20. The van der Waals surface area contributed by atoms with E-state index in [1.165, 1.54) is 9.80 Å². The minimum atomic E-state index is -0.277. The fourth-order valence-corrected chi connectivity index (χ4v) is 3.09. The van der Waals surface area contributed by atoms with Crippen molar-refractivity contribution < 1.29 is 18.6 Å². The van der Waals surface area contributed by atoms with Gasteiger partial charge in [-0.25, -0.2) is 0 Å². The summed E-state index contributed by atoms with van der Waals surface area (Å²) in [5.74, 6) is 1.42.